The molecule has 2 aliphatic rings. The van der Waals surface area contributed by atoms with Crippen LogP contribution in [0.5, 0.6) is 5.75 Å². The first-order chi connectivity index (χ1) is 8.88. The molecule has 1 aromatic carbocycles. The molecule has 0 saturated carbocycles. The fourth-order valence-corrected chi connectivity index (χ4v) is 3.47. The minimum absolute atomic E-state index is 0.747. The topological polar surface area (TPSA) is 21.3 Å². The van der Waals surface area contributed by atoms with Gasteiger partial charge < -0.3 is 10.1 Å². The van der Waals surface area contributed by atoms with E-state index in [1.807, 2.05) is 0 Å². The van der Waals surface area contributed by atoms with Gasteiger partial charge in [0.15, 0.2) is 0 Å². The highest BCUT2D eigenvalue weighted by molar-refractivity contribution is 5.41. The molecule has 3 rings (SSSR count). The van der Waals surface area contributed by atoms with Crippen molar-refractivity contribution in [3.8, 4) is 5.75 Å². The summed E-state index contributed by atoms with van der Waals surface area (Å²) in [5.74, 6) is 2.67. The largest absolute Gasteiger partial charge is 0.493 e. The Morgan fingerprint density at radius 3 is 3.22 bits per heavy atom. The standard InChI is InChI=1S/C16H23NO/c1-2-3-14-11-17-8-6-15(14)12-4-5-16-13(10-12)7-9-18-16/h4-5,10,14-15,17H,2-3,6-9,11H2,1H3. The zero-order chi connectivity index (χ0) is 12.4. The molecular formula is C16H23NO. The van der Waals surface area contributed by atoms with Crippen LogP contribution in [0.2, 0.25) is 0 Å². The number of hydrogen-bond acceptors (Lipinski definition) is 2. The second-order valence-electron chi connectivity index (χ2n) is 5.61. The van der Waals surface area contributed by atoms with Crippen LogP contribution in [-0.4, -0.2) is 19.7 Å². The van der Waals surface area contributed by atoms with Crippen LogP contribution >= 0.6 is 0 Å². The molecule has 0 radical (unpaired) electrons. The fraction of sp³-hybridized carbons (Fsp3) is 0.625. The summed E-state index contributed by atoms with van der Waals surface area (Å²) in [6.07, 6.45) is 5.00. The molecule has 1 aromatic rings. The molecule has 2 unspecified atom stereocenters. The molecule has 0 aromatic heterocycles. The Morgan fingerprint density at radius 2 is 2.33 bits per heavy atom. The van der Waals surface area contributed by atoms with Crippen LogP contribution < -0.4 is 10.1 Å². The van der Waals surface area contributed by atoms with Gasteiger partial charge in [0.2, 0.25) is 0 Å². The Hall–Kier alpha value is -1.02. The van der Waals surface area contributed by atoms with E-state index in [1.54, 1.807) is 5.56 Å². The lowest BCUT2D eigenvalue weighted by Gasteiger charge is -2.32. The first kappa shape index (κ1) is 12.0. The predicted octanol–water partition coefficient (Wildman–Crippen LogP) is 3.11. The number of rotatable bonds is 3. The molecule has 2 atom stereocenters. The minimum atomic E-state index is 0.747. The third-order valence-corrected chi connectivity index (χ3v) is 4.41. The molecule has 2 aliphatic heterocycles. The highest BCUT2D eigenvalue weighted by Crippen LogP contribution is 2.36. The van der Waals surface area contributed by atoms with Crippen molar-refractivity contribution in [1.82, 2.24) is 5.32 Å². The van der Waals surface area contributed by atoms with Crippen molar-refractivity contribution in [3.63, 3.8) is 0 Å². The number of fused-ring (bicyclic) bond motifs is 1. The summed E-state index contributed by atoms with van der Waals surface area (Å²) in [7, 11) is 0. The van der Waals surface area contributed by atoms with E-state index in [4.69, 9.17) is 4.74 Å². The monoisotopic (exact) mass is 245 g/mol. The molecule has 1 fully saturated rings. The number of nitrogens with one attached hydrogen (secondary N) is 1. The second kappa shape index (κ2) is 5.31. The molecular weight excluding hydrogens is 222 g/mol. The minimum Gasteiger partial charge on any atom is -0.493 e. The van der Waals surface area contributed by atoms with Crippen molar-refractivity contribution in [2.24, 2.45) is 5.92 Å². The van der Waals surface area contributed by atoms with Gasteiger partial charge >= 0.3 is 0 Å². The molecule has 0 spiro atoms. The maximum atomic E-state index is 5.60. The van der Waals surface area contributed by atoms with Crippen molar-refractivity contribution in [2.45, 2.75) is 38.5 Å². The van der Waals surface area contributed by atoms with Crippen LogP contribution in [0, 0.1) is 5.92 Å². The number of hydrogen-bond donors (Lipinski definition) is 1. The van der Waals surface area contributed by atoms with E-state index in [1.165, 1.54) is 37.9 Å². The van der Waals surface area contributed by atoms with E-state index in [0.717, 1.165) is 30.6 Å². The number of benzene rings is 1. The van der Waals surface area contributed by atoms with Gasteiger partial charge in [0.05, 0.1) is 6.61 Å². The van der Waals surface area contributed by atoms with Gasteiger partial charge in [-0.1, -0.05) is 25.5 Å². The number of ether oxygens (including phenoxy) is 1. The van der Waals surface area contributed by atoms with Crippen LogP contribution in [0.3, 0.4) is 0 Å². The highest BCUT2D eigenvalue weighted by atomic mass is 16.5. The van der Waals surface area contributed by atoms with Crippen molar-refractivity contribution >= 4 is 0 Å². The van der Waals surface area contributed by atoms with Crippen LogP contribution in [-0.2, 0) is 6.42 Å². The summed E-state index contributed by atoms with van der Waals surface area (Å²) in [6, 6.07) is 6.88. The molecule has 2 heteroatoms. The molecule has 0 amide bonds. The Kier molecular flexibility index (Phi) is 3.55. The van der Waals surface area contributed by atoms with Gasteiger partial charge in [0.25, 0.3) is 0 Å². The van der Waals surface area contributed by atoms with Gasteiger partial charge in [-0.3, -0.25) is 0 Å². The molecule has 1 N–H and O–H groups in total. The van der Waals surface area contributed by atoms with Crippen LogP contribution in [0.1, 0.15) is 43.2 Å². The first-order valence-corrected chi connectivity index (χ1v) is 7.35. The van der Waals surface area contributed by atoms with Crippen LogP contribution in [0.25, 0.3) is 0 Å². The normalized spacial score (nSPS) is 26.7. The maximum Gasteiger partial charge on any atom is 0.122 e. The molecule has 98 valence electrons. The lowest BCUT2D eigenvalue weighted by Crippen LogP contribution is -2.35. The van der Waals surface area contributed by atoms with Crippen molar-refractivity contribution in [3.05, 3.63) is 29.3 Å². The summed E-state index contributed by atoms with van der Waals surface area (Å²) in [4.78, 5) is 0. The lowest BCUT2D eigenvalue weighted by molar-refractivity contribution is 0.306. The summed E-state index contributed by atoms with van der Waals surface area (Å²) < 4.78 is 5.60. The lowest BCUT2D eigenvalue weighted by atomic mass is 9.78. The third kappa shape index (κ3) is 2.26. The quantitative estimate of drug-likeness (QED) is 0.883. The van der Waals surface area contributed by atoms with E-state index >= 15 is 0 Å². The molecule has 2 nitrogen and oxygen atoms in total. The van der Waals surface area contributed by atoms with Crippen LogP contribution in [0.15, 0.2) is 18.2 Å². The van der Waals surface area contributed by atoms with Gasteiger partial charge in [-0.25, -0.2) is 0 Å². The molecule has 0 aliphatic carbocycles. The van der Waals surface area contributed by atoms with E-state index < -0.39 is 0 Å². The third-order valence-electron chi connectivity index (χ3n) is 4.41. The Morgan fingerprint density at radius 1 is 1.39 bits per heavy atom. The summed E-state index contributed by atoms with van der Waals surface area (Å²) in [6.45, 7) is 5.51. The Bertz CT molecular complexity index is 414. The van der Waals surface area contributed by atoms with Crippen LogP contribution in [0.4, 0.5) is 0 Å². The predicted molar refractivity (Wildman–Crippen MR) is 74.3 cm³/mol. The number of piperidine rings is 1. The van der Waals surface area contributed by atoms with E-state index in [0.29, 0.717) is 0 Å². The van der Waals surface area contributed by atoms with Gasteiger partial charge in [-0.2, -0.15) is 0 Å². The zero-order valence-corrected chi connectivity index (χ0v) is 11.2. The highest BCUT2D eigenvalue weighted by Gasteiger charge is 2.26. The Labute approximate surface area is 110 Å². The van der Waals surface area contributed by atoms with E-state index in [2.05, 4.69) is 30.4 Å². The van der Waals surface area contributed by atoms with Crippen molar-refractivity contribution in [2.75, 3.05) is 19.7 Å². The average Bonchev–Trinajstić information content (AvgIpc) is 2.87. The van der Waals surface area contributed by atoms with Gasteiger partial charge in [0, 0.05) is 6.42 Å². The summed E-state index contributed by atoms with van der Waals surface area (Å²) >= 11 is 0. The van der Waals surface area contributed by atoms with Gasteiger partial charge in [-0.05, 0) is 55.0 Å². The van der Waals surface area contributed by atoms with Gasteiger partial charge in [0.1, 0.15) is 5.75 Å². The summed E-state index contributed by atoms with van der Waals surface area (Å²) in [5, 5.41) is 3.55. The molecule has 2 heterocycles. The zero-order valence-electron chi connectivity index (χ0n) is 11.2. The SMILES string of the molecule is CCCC1CNCCC1c1ccc2c(c1)CCO2. The molecule has 1 saturated heterocycles. The molecule has 0 bridgehead atoms. The summed E-state index contributed by atoms with van der Waals surface area (Å²) in [5.41, 5.74) is 2.96. The first-order valence-electron chi connectivity index (χ1n) is 7.35. The van der Waals surface area contributed by atoms with E-state index in [-0.39, 0.29) is 0 Å². The van der Waals surface area contributed by atoms with E-state index in [9.17, 15) is 0 Å². The Balaban J connectivity index is 1.83. The second-order valence-corrected chi connectivity index (χ2v) is 5.61. The fourth-order valence-electron chi connectivity index (χ4n) is 3.47. The van der Waals surface area contributed by atoms with Crippen molar-refractivity contribution < 1.29 is 4.74 Å². The van der Waals surface area contributed by atoms with Gasteiger partial charge in [-0.15, -0.1) is 0 Å². The van der Waals surface area contributed by atoms with Crippen molar-refractivity contribution in [1.29, 1.82) is 0 Å². The molecule has 18 heavy (non-hydrogen) atoms. The average molecular weight is 245 g/mol. The maximum absolute atomic E-state index is 5.60. The smallest absolute Gasteiger partial charge is 0.122 e.